The van der Waals surface area contributed by atoms with Gasteiger partial charge in [-0.3, -0.25) is 4.57 Å². The molecule has 11 nitrogen and oxygen atoms in total. The minimum absolute atomic E-state index is 0.130. The van der Waals surface area contributed by atoms with Gasteiger partial charge >= 0.3 is 7.60 Å². The quantitative estimate of drug-likeness (QED) is 0.263. The van der Waals surface area contributed by atoms with E-state index in [1.165, 1.54) is 6.20 Å². The number of imidazole rings is 1. The highest BCUT2D eigenvalue weighted by Gasteiger charge is 2.28. The maximum atomic E-state index is 12.7. The normalized spacial score (nSPS) is 12.2. The first-order valence-corrected chi connectivity index (χ1v) is 10.2. The van der Waals surface area contributed by atoms with Crippen LogP contribution in [0, 0.1) is 0 Å². The fraction of sp³-hybridized carbons (Fsp3) is 0.600. The summed E-state index contributed by atoms with van der Waals surface area (Å²) in [6, 6.07) is 0. The molecule has 0 aromatic carbocycles. The van der Waals surface area contributed by atoms with Crippen LogP contribution in [-0.2, 0) is 24.9 Å². The molecule has 0 aliphatic heterocycles. The highest BCUT2D eigenvalue weighted by atomic mass is 31.2. The molecule has 2 heterocycles. The summed E-state index contributed by atoms with van der Waals surface area (Å²) in [5.41, 5.74) is 11.9. The predicted molar refractivity (Wildman–Crippen MR) is 102 cm³/mol. The Balaban J connectivity index is 2.00. The summed E-state index contributed by atoms with van der Waals surface area (Å²) >= 11 is 0. The van der Waals surface area contributed by atoms with Crippen molar-refractivity contribution in [2.24, 2.45) is 16.5 Å². The Morgan fingerprint density at radius 3 is 2.48 bits per heavy atom. The Bertz CT molecular complexity index is 819. The van der Waals surface area contributed by atoms with E-state index >= 15 is 0 Å². The summed E-state index contributed by atoms with van der Waals surface area (Å²) in [7, 11) is -3.33. The first kappa shape index (κ1) is 21.2. The number of aromatic nitrogens is 4. The minimum Gasteiger partial charge on any atom is -0.370 e. The molecule has 12 heteroatoms. The van der Waals surface area contributed by atoms with Crippen LogP contribution in [0.1, 0.15) is 27.7 Å². The van der Waals surface area contributed by atoms with E-state index < -0.39 is 7.60 Å². The van der Waals surface area contributed by atoms with Crippen LogP contribution in [0.15, 0.2) is 17.5 Å². The molecule has 0 fully saturated rings. The Labute approximate surface area is 157 Å². The molecule has 0 saturated heterocycles. The van der Waals surface area contributed by atoms with E-state index in [2.05, 4.69) is 19.9 Å². The smallest absolute Gasteiger partial charge is 0.356 e. The van der Waals surface area contributed by atoms with E-state index in [4.69, 9.17) is 25.3 Å². The van der Waals surface area contributed by atoms with Gasteiger partial charge < -0.3 is 29.8 Å². The second kappa shape index (κ2) is 9.23. The molecule has 0 unspecified atom stereocenters. The number of ether oxygens (including phenoxy) is 1. The molecule has 0 atom stereocenters. The molecule has 2 aromatic rings. The van der Waals surface area contributed by atoms with Gasteiger partial charge in [0.2, 0.25) is 0 Å². The summed E-state index contributed by atoms with van der Waals surface area (Å²) < 4.78 is 30.9. The van der Waals surface area contributed by atoms with Crippen LogP contribution >= 0.6 is 7.60 Å². The molecule has 2 rings (SSSR count). The first-order chi connectivity index (χ1) is 12.7. The Hall–Kier alpha value is -2.07. The van der Waals surface area contributed by atoms with E-state index in [0.29, 0.717) is 17.7 Å². The van der Waals surface area contributed by atoms with Crippen LogP contribution in [0.5, 0.6) is 0 Å². The summed E-state index contributed by atoms with van der Waals surface area (Å²) in [6.07, 6.45) is 2.53. The van der Waals surface area contributed by atoms with Crippen molar-refractivity contribution < 1.29 is 18.3 Å². The van der Waals surface area contributed by atoms with Crippen LogP contribution in [-0.4, -0.2) is 50.6 Å². The number of aliphatic imine (C=N–C) groups is 1. The maximum Gasteiger partial charge on any atom is 0.356 e. The van der Waals surface area contributed by atoms with Crippen molar-refractivity contribution in [1.29, 1.82) is 0 Å². The zero-order chi connectivity index (χ0) is 20.0. The third-order valence-corrected chi connectivity index (χ3v) is 5.03. The molecule has 0 amide bonds. The predicted octanol–water partition coefficient (Wildman–Crippen LogP) is 1.75. The van der Waals surface area contributed by atoms with Crippen molar-refractivity contribution >= 4 is 30.7 Å². The molecule has 0 radical (unpaired) electrons. The van der Waals surface area contributed by atoms with Crippen molar-refractivity contribution in [3.63, 3.8) is 0 Å². The van der Waals surface area contributed by atoms with Gasteiger partial charge in [-0.1, -0.05) is 0 Å². The van der Waals surface area contributed by atoms with Gasteiger partial charge in [-0.15, -0.1) is 0 Å². The third-order valence-electron chi connectivity index (χ3n) is 3.04. The number of guanidine groups is 1. The van der Waals surface area contributed by atoms with Gasteiger partial charge in [0.25, 0.3) is 5.95 Å². The Morgan fingerprint density at radius 2 is 1.89 bits per heavy atom. The minimum atomic E-state index is -3.33. The Morgan fingerprint density at radius 1 is 1.22 bits per heavy atom. The van der Waals surface area contributed by atoms with Crippen molar-refractivity contribution in [2.45, 2.75) is 46.4 Å². The molecule has 0 aliphatic rings. The second-order valence-corrected chi connectivity index (χ2v) is 8.21. The fourth-order valence-electron chi connectivity index (χ4n) is 2.25. The molecule has 0 saturated carbocycles. The molecule has 27 heavy (non-hydrogen) atoms. The maximum absolute atomic E-state index is 12.7. The van der Waals surface area contributed by atoms with Gasteiger partial charge in [0, 0.05) is 6.54 Å². The molecule has 0 bridgehead atoms. The summed E-state index contributed by atoms with van der Waals surface area (Å²) in [5.74, 6) is 0.0140. The van der Waals surface area contributed by atoms with Gasteiger partial charge in [-0.05, 0) is 27.7 Å². The number of hydrogen-bond donors (Lipinski definition) is 2. The summed E-state index contributed by atoms with van der Waals surface area (Å²) in [6.45, 7) is 7.87. The zero-order valence-corrected chi connectivity index (χ0v) is 16.8. The van der Waals surface area contributed by atoms with Gasteiger partial charge in [-0.25, -0.2) is 9.97 Å². The average molecular weight is 399 g/mol. The van der Waals surface area contributed by atoms with Crippen LogP contribution in [0.4, 0.5) is 5.95 Å². The van der Waals surface area contributed by atoms with Gasteiger partial charge in [0.1, 0.15) is 11.9 Å². The lowest BCUT2D eigenvalue weighted by atomic mass is 10.5. The standard InChI is InChI=1S/C15H26N7O4P/c1-10(2)25-27(23,26-11(3)4)9-24-6-5-22-8-19-12-7-18-15(20-13(12)22)21-14(16)17/h7-8,10-11H,5-6,9H2,1-4H3,(H4,16,17,18,20,21). The average Bonchev–Trinajstić information content (AvgIpc) is 2.92. The van der Waals surface area contributed by atoms with Crippen LogP contribution in [0.25, 0.3) is 11.2 Å². The number of rotatable bonds is 10. The highest BCUT2D eigenvalue weighted by molar-refractivity contribution is 7.53. The van der Waals surface area contributed by atoms with Crippen LogP contribution in [0.3, 0.4) is 0 Å². The van der Waals surface area contributed by atoms with Crippen molar-refractivity contribution in [3.05, 3.63) is 12.5 Å². The highest BCUT2D eigenvalue weighted by Crippen LogP contribution is 2.50. The zero-order valence-electron chi connectivity index (χ0n) is 15.9. The van der Waals surface area contributed by atoms with E-state index in [1.54, 1.807) is 38.6 Å². The first-order valence-electron chi connectivity index (χ1n) is 8.49. The van der Waals surface area contributed by atoms with E-state index in [0.717, 1.165) is 0 Å². The largest absolute Gasteiger partial charge is 0.370 e. The lowest BCUT2D eigenvalue weighted by molar-refractivity contribution is 0.0961. The Kier molecular flexibility index (Phi) is 7.25. The van der Waals surface area contributed by atoms with Gasteiger partial charge in [0.05, 0.1) is 31.3 Å². The molecule has 0 aliphatic carbocycles. The van der Waals surface area contributed by atoms with E-state index in [1.807, 2.05) is 0 Å². The summed E-state index contributed by atoms with van der Waals surface area (Å²) in [4.78, 5) is 16.3. The van der Waals surface area contributed by atoms with Crippen LogP contribution in [0.2, 0.25) is 0 Å². The molecule has 150 valence electrons. The van der Waals surface area contributed by atoms with Crippen molar-refractivity contribution in [2.75, 3.05) is 13.0 Å². The molecule has 4 N–H and O–H groups in total. The van der Waals surface area contributed by atoms with Gasteiger partial charge in [0.15, 0.2) is 11.6 Å². The van der Waals surface area contributed by atoms with E-state index in [9.17, 15) is 4.57 Å². The van der Waals surface area contributed by atoms with E-state index in [-0.39, 0.29) is 37.1 Å². The lowest BCUT2D eigenvalue weighted by Gasteiger charge is -2.22. The second-order valence-electron chi connectivity index (χ2n) is 6.31. The van der Waals surface area contributed by atoms with Crippen molar-refractivity contribution in [3.8, 4) is 0 Å². The fourth-order valence-corrected chi connectivity index (χ4v) is 4.06. The monoisotopic (exact) mass is 399 g/mol. The number of nitrogens with two attached hydrogens (primary N) is 2. The SMILES string of the molecule is CC(C)OP(=O)(COCCn1cnc2cnc(N=C(N)N)nc21)OC(C)C. The molecular formula is C15H26N7O4P. The molecule has 0 spiro atoms. The number of hydrogen-bond acceptors (Lipinski definition) is 8. The lowest BCUT2D eigenvalue weighted by Crippen LogP contribution is -2.22. The molecule has 2 aromatic heterocycles. The molecular weight excluding hydrogens is 373 g/mol. The van der Waals surface area contributed by atoms with Crippen molar-refractivity contribution in [1.82, 2.24) is 19.5 Å². The van der Waals surface area contributed by atoms with Gasteiger partial charge in [-0.2, -0.15) is 9.98 Å². The topological polar surface area (TPSA) is 153 Å². The number of fused-ring (bicyclic) bond motifs is 1. The summed E-state index contributed by atoms with van der Waals surface area (Å²) in [5, 5.41) is 0. The van der Waals surface area contributed by atoms with Crippen LogP contribution < -0.4 is 11.5 Å². The third kappa shape index (κ3) is 6.55. The number of nitrogens with zero attached hydrogens (tertiary/aromatic N) is 5.